The van der Waals surface area contributed by atoms with E-state index >= 15 is 0 Å². The molecule has 0 bridgehead atoms. The van der Waals surface area contributed by atoms with Gasteiger partial charge in [0.25, 0.3) is 0 Å². The Labute approximate surface area is 91.4 Å². The predicted octanol–water partition coefficient (Wildman–Crippen LogP) is 2.92. The standard InChI is InChI=1S/C12H14OSe/c1-2-3-7-10-14-12(13)11-8-5-4-6-9-11/h2,4-6,8-9H,1,3,7,10H2. The third kappa shape index (κ3) is 3.91. The zero-order chi connectivity index (χ0) is 10.2. The van der Waals surface area contributed by atoms with Gasteiger partial charge in [-0.2, -0.15) is 0 Å². The topological polar surface area (TPSA) is 17.1 Å². The van der Waals surface area contributed by atoms with Gasteiger partial charge in [-0.3, -0.25) is 0 Å². The molecule has 0 fully saturated rings. The summed E-state index contributed by atoms with van der Waals surface area (Å²) in [5.41, 5.74) is 0.853. The first-order valence-corrected chi connectivity index (χ1v) is 6.74. The summed E-state index contributed by atoms with van der Waals surface area (Å²) in [6.07, 6.45) is 4.01. The van der Waals surface area contributed by atoms with Gasteiger partial charge in [0.1, 0.15) is 0 Å². The average molecular weight is 253 g/mol. The molecule has 0 aliphatic heterocycles. The van der Waals surface area contributed by atoms with Gasteiger partial charge in [-0.1, -0.05) is 0 Å². The molecule has 1 nitrogen and oxygen atoms in total. The van der Waals surface area contributed by atoms with Gasteiger partial charge in [0.05, 0.1) is 0 Å². The fraction of sp³-hybridized carbons (Fsp3) is 0.250. The number of benzene rings is 1. The summed E-state index contributed by atoms with van der Waals surface area (Å²) < 4.78 is 0.308. The Bertz CT molecular complexity index is 292. The Morgan fingerprint density at radius 1 is 1.36 bits per heavy atom. The summed E-state index contributed by atoms with van der Waals surface area (Å²) in [5, 5.41) is 1.02. The van der Waals surface area contributed by atoms with Crippen LogP contribution in [0.15, 0.2) is 43.0 Å². The fourth-order valence-electron chi connectivity index (χ4n) is 1.05. The van der Waals surface area contributed by atoms with Crippen molar-refractivity contribution in [1.82, 2.24) is 0 Å². The summed E-state index contributed by atoms with van der Waals surface area (Å²) in [7, 11) is 0. The maximum atomic E-state index is 11.6. The second-order valence-electron chi connectivity index (χ2n) is 2.93. The molecule has 74 valence electrons. The number of hydrogen-bond donors (Lipinski definition) is 0. The third-order valence-corrected chi connectivity index (χ3v) is 3.87. The number of carbonyl (C=O) groups is 1. The summed E-state index contributed by atoms with van der Waals surface area (Å²) in [6.45, 7) is 3.66. The summed E-state index contributed by atoms with van der Waals surface area (Å²) >= 11 is 0.102. The fourth-order valence-corrected chi connectivity index (χ4v) is 2.73. The van der Waals surface area contributed by atoms with Crippen molar-refractivity contribution in [3.63, 3.8) is 0 Å². The van der Waals surface area contributed by atoms with Crippen LogP contribution in [0.3, 0.4) is 0 Å². The molecule has 0 aromatic heterocycles. The van der Waals surface area contributed by atoms with Gasteiger partial charge >= 0.3 is 91.1 Å². The van der Waals surface area contributed by atoms with E-state index in [0.29, 0.717) is 4.68 Å². The van der Waals surface area contributed by atoms with Crippen molar-refractivity contribution in [2.45, 2.75) is 18.2 Å². The monoisotopic (exact) mass is 254 g/mol. The van der Waals surface area contributed by atoms with Crippen LogP contribution in [-0.4, -0.2) is 19.6 Å². The summed E-state index contributed by atoms with van der Waals surface area (Å²) in [5.74, 6) is 0. The molecule has 2 heteroatoms. The average Bonchev–Trinajstić information content (AvgIpc) is 2.25. The number of unbranched alkanes of at least 4 members (excludes halogenated alkanes) is 1. The first-order chi connectivity index (χ1) is 6.84. The zero-order valence-electron chi connectivity index (χ0n) is 8.11. The molecule has 0 amide bonds. The Kier molecular flexibility index (Phi) is 5.28. The van der Waals surface area contributed by atoms with E-state index in [-0.39, 0.29) is 15.0 Å². The van der Waals surface area contributed by atoms with Crippen LogP contribution in [0.5, 0.6) is 0 Å². The van der Waals surface area contributed by atoms with E-state index in [2.05, 4.69) is 6.58 Å². The molecule has 1 rings (SSSR count). The van der Waals surface area contributed by atoms with Gasteiger partial charge in [0, 0.05) is 0 Å². The Morgan fingerprint density at radius 3 is 2.71 bits per heavy atom. The van der Waals surface area contributed by atoms with Crippen molar-refractivity contribution >= 4 is 19.6 Å². The van der Waals surface area contributed by atoms with Gasteiger partial charge in [-0.25, -0.2) is 0 Å². The van der Waals surface area contributed by atoms with Gasteiger partial charge < -0.3 is 0 Å². The van der Waals surface area contributed by atoms with Crippen LogP contribution >= 0.6 is 0 Å². The first-order valence-electron chi connectivity index (χ1n) is 4.67. The van der Waals surface area contributed by atoms with Crippen LogP contribution in [0.2, 0.25) is 5.32 Å². The minimum atomic E-state index is 0.102. The number of allylic oxidation sites excluding steroid dienone is 1. The first kappa shape index (κ1) is 11.2. The molecule has 0 radical (unpaired) electrons. The normalized spacial score (nSPS) is 9.71. The molecule has 0 saturated carbocycles. The molecule has 0 N–H and O–H groups in total. The van der Waals surface area contributed by atoms with Crippen molar-refractivity contribution in [3.8, 4) is 0 Å². The molecule has 14 heavy (non-hydrogen) atoms. The van der Waals surface area contributed by atoms with Crippen LogP contribution < -0.4 is 0 Å². The Morgan fingerprint density at radius 2 is 2.07 bits per heavy atom. The van der Waals surface area contributed by atoms with Crippen molar-refractivity contribution in [2.75, 3.05) is 0 Å². The van der Waals surface area contributed by atoms with Gasteiger partial charge in [-0.15, -0.1) is 0 Å². The zero-order valence-corrected chi connectivity index (χ0v) is 9.82. The van der Waals surface area contributed by atoms with E-state index in [0.717, 1.165) is 23.7 Å². The number of carbonyl (C=O) groups excluding carboxylic acids is 1. The summed E-state index contributed by atoms with van der Waals surface area (Å²) in [6, 6.07) is 9.52. The van der Waals surface area contributed by atoms with E-state index in [9.17, 15) is 4.79 Å². The molecule has 0 heterocycles. The van der Waals surface area contributed by atoms with E-state index in [1.165, 1.54) is 0 Å². The molecule has 0 saturated heterocycles. The molecule has 1 aromatic rings. The molecule has 0 unspecified atom stereocenters. The van der Waals surface area contributed by atoms with Crippen molar-refractivity contribution in [2.24, 2.45) is 0 Å². The Balaban J connectivity index is 2.32. The summed E-state index contributed by atoms with van der Waals surface area (Å²) in [4.78, 5) is 11.6. The van der Waals surface area contributed by atoms with E-state index in [1.807, 2.05) is 36.4 Å². The van der Waals surface area contributed by atoms with Gasteiger partial charge in [0.2, 0.25) is 0 Å². The van der Waals surface area contributed by atoms with Gasteiger partial charge in [0.15, 0.2) is 0 Å². The molecular weight excluding hydrogens is 239 g/mol. The van der Waals surface area contributed by atoms with E-state index in [4.69, 9.17) is 0 Å². The predicted molar refractivity (Wildman–Crippen MR) is 60.8 cm³/mol. The van der Waals surface area contributed by atoms with Crippen LogP contribution in [0, 0.1) is 0 Å². The molecule has 1 aromatic carbocycles. The van der Waals surface area contributed by atoms with Crippen LogP contribution in [0.25, 0.3) is 0 Å². The van der Waals surface area contributed by atoms with Crippen molar-refractivity contribution < 1.29 is 4.79 Å². The van der Waals surface area contributed by atoms with Crippen molar-refractivity contribution in [3.05, 3.63) is 48.6 Å². The second-order valence-corrected chi connectivity index (χ2v) is 5.17. The third-order valence-electron chi connectivity index (χ3n) is 1.80. The van der Waals surface area contributed by atoms with Gasteiger partial charge in [-0.05, 0) is 0 Å². The second kappa shape index (κ2) is 6.58. The minimum absolute atomic E-state index is 0.102. The molecule has 0 aliphatic rings. The molecular formula is C12H14OSe. The Hall–Kier alpha value is -0.851. The SMILES string of the molecule is C=CCCC[Se]C(=O)c1ccccc1. The van der Waals surface area contributed by atoms with Crippen LogP contribution in [-0.2, 0) is 0 Å². The molecule has 0 atom stereocenters. The molecule has 0 aliphatic carbocycles. The quantitative estimate of drug-likeness (QED) is 0.433. The number of hydrogen-bond acceptors (Lipinski definition) is 1. The maximum absolute atomic E-state index is 11.6. The molecule has 0 spiro atoms. The number of rotatable bonds is 6. The van der Waals surface area contributed by atoms with E-state index in [1.54, 1.807) is 0 Å². The van der Waals surface area contributed by atoms with E-state index < -0.39 is 0 Å². The van der Waals surface area contributed by atoms with Crippen LogP contribution in [0.4, 0.5) is 0 Å². The van der Waals surface area contributed by atoms with Crippen molar-refractivity contribution in [1.29, 1.82) is 0 Å². The van der Waals surface area contributed by atoms with Crippen LogP contribution in [0.1, 0.15) is 23.2 Å².